The summed E-state index contributed by atoms with van der Waals surface area (Å²) in [4.78, 5) is 17.9. The highest BCUT2D eigenvalue weighted by atomic mass is 32.2. The summed E-state index contributed by atoms with van der Waals surface area (Å²) in [7, 11) is -3.43. The molecule has 0 aromatic carbocycles. The van der Waals surface area contributed by atoms with Gasteiger partial charge in [-0.3, -0.25) is 4.79 Å². The van der Waals surface area contributed by atoms with Gasteiger partial charge in [-0.2, -0.15) is 4.31 Å². The van der Waals surface area contributed by atoms with Crippen molar-refractivity contribution in [1.29, 1.82) is 0 Å². The SMILES string of the molecule is CC1CN(c2ccc(S(=O)(=O)N3CCCC3)cn2)CC(=O)N1. The van der Waals surface area contributed by atoms with Crippen LogP contribution in [-0.4, -0.2) is 55.8 Å². The van der Waals surface area contributed by atoms with Crippen LogP contribution in [-0.2, 0) is 14.8 Å². The summed E-state index contributed by atoms with van der Waals surface area (Å²) in [5.41, 5.74) is 0. The number of amides is 1. The summed E-state index contributed by atoms with van der Waals surface area (Å²) >= 11 is 0. The molecular formula is C14H20N4O3S. The number of rotatable bonds is 3. The first-order valence-electron chi connectivity index (χ1n) is 7.47. The van der Waals surface area contributed by atoms with Crippen molar-refractivity contribution in [2.75, 3.05) is 31.1 Å². The van der Waals surface area contributed by atoms with E-state index in [2.05, 4.69) is 10.3 Å². The Bertz CT molecular complexity index is 653. The van der Waals surface area contributed by atoms with Crippen LogP contribution in [0.5, 0.6) is 0 Å². The molecule has 2 aliphatic rings. The van der Waals surface area contributed by atoms with Crippen LogP contribution < -0.4 is 10.2 Å². The van der Waals surface area contributed by atoms with Crippen LogP contribution in [0.3, 0.4) is 0 Å². The maximum Gasteiger partial charge on any atom is 0.244 e. The lowest BCUT2D eigenvalue weighted by Crippen LogP contribution is -2.53. The zero-order valence-electron chi connectivity index (χ0n) is 12.5. The van der Waals surface area contributed by atoms with Crippen LogP contribution in [0, 0.1) is 0 Å². The molecule has 1 aromatic heterocycles. The minimum absolute atomic E-state index is 0.0469. The van der Waals surface area contributed by atoms with Crippen molar-refractivity contribution >= 4 is 21.7 Å². The van der Waals surface area contributed by atoms with Gasteiger partial charge in [-0.1, -0.05) is 0 Å². The van der Waals surface area contributed by atoms with E-state index in [0.29, 0.717) is 25.5 Å². The van der Waals surface area contributed by atoms with Gasteiger partial charge < -0.3 is 10.2 Å². The molecule has 2 aliphatic heterocycles. The predicted octanol–water partition coefficient (Wildman–Crippen LogP) is 0.191. The minimum atomic E-state index is -3.43. The van der Waals surface area contributed by atoms with Crippen molar-refractivity contribution in [3.8, 4) is 0 Å². The summed E-state index contributed by atoms with van der Waals surface area (Å²) in [6.07, 6.45) is 3.21. The zero-order valence-corrected chi connectivity index (χ0v) is 13.3. The summed E-state index contributed by atoms with van der Waals surface area (Å²) in [6, 6.07) is 3.30. The van der Waals surface area contributed by atoms with E-state index < -0.39 is 10.0 Å². The Hall–Kier alpha value is -1.67. The summed E-state index contributed by atoms with van der Waals surface area (Å²) in [5, 5.41) is 2.84. The molecule has 1 aromatic rings. The molecule has 0 bridgehead atoms. The van der Waals surface area contributed by atoms with E-state index in [-0.39, 0.29) is 23.4 Å². The summed E-state index contributed by atoms with van der Waals surface area (Å²) in [6.45, 7) is 3.99. The number of sulfonamides is 1. The Morgan fingerprint density at radius 3 is 2.59 bits per heavy atom. The number of carbonyl (C=O) groups excluding carboxylic acids is 1. The first kappa shape index (κ1) is 15.2. The van der Waals surface area contributed by atoms with Crippen molar-refractivity contribution in [3.05, 3.63) is 18.3 Å². The van der Waals surface area contributed by atoms with Gasteiger partial charge in [-0.25, -0.2) is 13.4 Å². The molecule has 1 unspecified atom stereocenters. The van der Waals surface area contributed by atoms with Gasteiger partial charge in [-0.15, -0.1) is 0 Å². The van der Waals surface area contributed by atoms with Crippen molar-refractivity contribution in [3.63, 3.8) is 0 Å². The van der Waals surface area contributed by atoms with E-state index in [4.69, 9.17) is 0 Å². The smallest absolute Gasteiger partial charge is 0.244 e. The van der Waals surface area contributed by atoms with Gasteiger partial charge in [-0.05, 0) is 31.9 Å². The third kappa shape index (κ3) is 2.93. The molecule has 3 rings (SSSR count). The van der Waals surface area contributed by atoms with Gasteiger partial charge >= 0.3 is 0 Å². The first-order chi connectivity index (χ1) is 10.5. The lowest BCUT2D eigenvalue weighted by molar-refractivity contribution is -0.121. The monoisotopic (exact) mass is 324 g/mol. The number of piperazine rings is 1. The maximum atomic E-state index is 12.4. The van der Waals surface area contributed by atoms with Crippen molar-refractivity contribution < 1.29 is 13.2 Å². The molecule has 1 N–H and O–H groups in total. The molecule has 0 radical (unpaired) electrons. The highest BCUT2D eigenvalue weighted by molar-refractivity contribution is 7.89. The van der Waals surface area contributed by atoms with Gasteiger partial charge in [0.25, 0.3) is 0 Å². The van der Waals surface area contributed by atoms with Crippen LogP contribution in [0.2, 0.25) is 0 Å². The highest BCUT2D eigenvalue weighted by Crippen LogP contribution is 2.22. The Kier molecular flexibility index (Phi) is 4.05. The number of nitrogens with zero attached hydrogens (tertiary/aromatic N) is 3. The topological polar surface area (TPSA) is 82.6 Å². The van der Waals surface area contributed by atoms with Crippen molar-refractivity contribution in [2.24, 2.45) is 0 Å². The fraction of sp³-hybridized carbons (Fsp3) is 0.571. The summed E-state index contributed by atoms with van der Waals surface area (Å²) in [5.74, 6) is 0.580. The second-order valence-electron chi connectivity index (χ2n) is 5.81. The van der Waals surface area contributed by atoms with Gasteiger partial charge in [0, 0.05) is 31.9 Å². The number of aromatic nitrogens is 1. The van der Waals surface area contributed by atoms with Gasteiger partial charge in [0.15, 0.2) is 0 Å². The molecule has 7 nitrogen and oxygen atoms in total. The zero-order chi connectivity index (χ0) is 15.7. The fourth-order valence-electron chi connectivity index (χ4n) is 2.90. The minimum Gasteiger partial charge on any atom is -0.350 e. The predicted molar refractivity (Wildman–Crippen MR) is 82.0 cm³/mol. The van der Waals surface area contributed by atoms with E-state index in [0.717, 1.165) is 12.8 Å². The molecule has 120 valence electrons. The fourth-order valence-corrected chi connectivity index (χ4v) is 4.36. The van der Waals surface area contributed by atoms with Crippen molar-refractivity contribution in [1.82, 2.24) is 14.6 Å². The van der Waals surface area contributed by atoms with Crippen LogP contribution >= 0.6 is 0 Å². The highest BCUT2D eigenvalue weighted by Gasteiger charge is 2.28. The normalized spacial score (nSPS) is 23.6. The van der Waals surface area contributed by atoms with Gasteiger partial charge in [0.05, 0.1) is 6.54 Å². The summed E-state index contributed by atoms with van der Waals surface area (Å²) < 4.78 is 26.4. The van der Waals surface area contributed by atoms with E-state index >= 15 is 0 Å². The molecule has 2 saturated heterocycles. The first-order valence-corrected chi connectivity index (χ1v) is 8.91. The second-order valence-corrected chi connectivity index (χ2v) is 7.75. The molecule has 22 heavy (non-hydrogen) atoms. The third-order valence-corrected chi connectivity index (χ3v) is 5.87. The number of carbonyl (C=O) groups is 1. The largest absolute Gasteiger partial charge is 0.350 e. The Morgan fingerprint density at radius 2 is 2.00 bits per heavy atom. The number of hydrogen-bond donors (Lipinski definition) is 1. The van der Waals surface area contributed by atoms with Crippen LogP contribution in [0.25, 0.3) is 0 Å². The Labute approximate surface area is 130 Å². The van der Waals surface area contributed by atoms with Gasteiger partial charge in [0.1, 0.15) is 10.7 Å². The molecule has 1 atom stereocenters. The molecule has 0 spiro atoms. The maximum absolute atomic E-state index is 12.4. The van der Waals surface area contributed by atoms with E-state index in [1.807, 2.05) is 11.8 Å². The third-order valence-electron chi connectivity index (χ3n) is 3.98. The van der Waals surface area contributed by atoms with Gasteiger partial charge in [0.2, 0.25) is 15.9 Å². The average molecular weight is 324 g/mol. The van der Waals surface area contributed by atoms with Crippen LogP contribution in [0.4, 0.5) is 5.82 Å². The van der Waals surface area contributed by atoms with E-state index in [1.165, 1.54) is 10.5 Å². The molecule has 8 heteroatoms. The lowest BCUT2D eigenvalue weighted by Gasteiger charge is -2.32. The molecule has 2 fully saturated rings. The number of hydrogen-bond acceptors (Lipinski definition) is 5. The Balaban J connectivity index is 1.79. The lowest BCUT2D eigenvalue weighted by atomic mass is 10.2. The van der Waals surface area contributed by atoms with E-state index in [9.17, 15) is 13.2 Å². The number of anilines is 1. The molecule has 1 amide bonds. The average Bonchev–Trinajstić information content (AvgIpc) is 3.01. The van der Waals surface area contributed by atoms with Crippen LogP contribution in [0.15, 0.2) is 23.2 Å². The molecule has 0 aliphatic carbocycles. The molecule has 0 saturated carbocycles. The van der Waals surface area contributed by atoms with Crippen molar-refractivity contribution in [2.45, 2.75) is 30.7 Å². The quantitative estimate of drug-likeness (QED) is 0.858. The standard InChI is InChI=1S/C14H20N4O3S/c1-11-9-17(10-14(19)16-11)13-5-4-12(8-15-13)22(20,21)18-6-2-3-7-18/h4-5,8,11H,2-3,6-7,9-10H2,1H3,(H,16,19). The number of pyridine rings is 1. The number of nitrogens with one attached hydrogen (secondary N) is 1. The Morgan fingerprint density at radius 1 is 1.27 bits per heavy atom. The molecule has 3 heterocycles. The van der Waals surface area contributed by atoms with E-state index in [1.54, 1.807) is 12.1 Å². The van der Waals surface area contributed by atoms with Crippen LogP contribution in [0.1, 0.15) is 19.8 Å². The molecular weight excluding hydrogens is 304 g/mol. The second kappa shape index (κ2) is 5.85.